The standard InChI is InChI=1S/C12H16FNO2/c1-2-14(7-8-15)12(16)9-10-5-3-4-6-11(10)13/h3-6,15H,2,7-9H2,1H3. The third-order valence-electron chi connectivity index (χ3n) is 2.40. The van der Waals surface area contributed by atoms with Crippen molar-refractivity contribution in [3.05, 3.63) is 35.6 Å². The van der Waals surface area contributed by atoms with Crippen LogP contribution in [0.4, 0.5) is 4.39 Å². The van der Waals surface area contributed by atoms with E-state index in [1.807, 2.05) is 6.92 Å². The molecule has 16 heavy (non-hydrogen) atoms. The van der Waals surface area contributed by atoms with Gasteiger partial charge in [-0.3, -0.25) is 4.79 Å². The van der Waals surface area contributed by atoms with E-state index in [0.29, 0.717) is 18.7 Å². The quantitative estimate of drug-likeness (QED) is 0.818. The van der Waals surface area contributed by atoms with E-state index in [2.05, 4.69) is 0 Å². The number of halogens is 1. The molecule has 0 aliphatic heterocycles. The first-order valence-electron chi connectivity index (χ1n) is 5.31. The summed E-state index contributed by atoms with van der Waals surface area (Å²) in [5.74, 6) is -0.530. The molecule has 1 aromatic rings. The molecule has 0 aliphatic carbocycles. The van der Waals surface area contributed by atoms with E-state index in [0.717, 1.165) is 0 Å². The molecule has 4 heteroatoms. The highest BCUT2D eigenvalue weighted by Crippen LogP contribution is 2.08. The number of hydrogen-bond acceptors (Lipinski definition) is 2. The van der Waals surface area contributed by atoms with Gasteiger partial charge in [-0.15, -0.1) is 0 Å². The van der Waals surface area contributed by atoms with Crippen LogP contribution in [-0.4, -0.2) is 35.6 Å². The summed E-state index contributed by atoms with van der Waals surface area (Å²) in [4.78, 5) is 13.2. The molecule has 3 nitrogen and oxygen atoms in total. The average molecular weight is 225 g/mol. The number of aliphatic hydroxyl groups excluding tert-OH is 1. The van der Waals surface area contributed by atoms with Crippen LogP contribution < -0.4 is 0 Å². The van der Waals surface area contributed by atoms with E-state index in [-0.39, 0.29) is 24.8 Å². The Kier molecular flexibility index (Phi) is 4.92. The molecule has 0 fully saturated rings. The van der Waals surface area contributed by atoms with Crippen molar-refractivity contribution in [3.63, 3.8) is 0 Å². The maximum Gasteiger partial charge on any atom is 0.227 e. The van der Waals surface area contributed by atoms with Crippen LogP contribution in [0.3, 0.4) is 0 Å². The van der Waals surface area contributed by atoms with Gasteiger partial charge in [0, 0.05) is 13.1 Å². The first kappa shape index (κ1) is 12.6. The smallest absolute Gasteiger partial charge is 0.227 e. The van der Waals surface area contributed by atoms with Gasteiger partial charge in [0.1, 0.15) is 5.82 Å². The second kappa shape index (κ2) is 6.23. The molecule has 88 valence electrons. The number of rotatable bonds is 5. The molecule has 1 N–H and O–H groups in total. The fourth-order valence-electron chi connectivity index (χ4n) is 1.50. The first-order valence-corrected chi connectivity index (χ1v) is 5.31. The monoisotopic (exact) mass is 225 g/mol. The Bertz CT molecular complexity index is 355. The van der Waals surface area contributed by atoms with Crippen LogP contribution in [0, 0.1) is 5.82 Å². The molecule has 0 spiro atoms. The summed E-state index contributed by atoms with van der Waals surface area (Å²) < 4.78 is 13.3. The van der Waals surface area contributed by atoms with Gasteiger partial charge in [-0.1, -0.05) is 18.2 Å². The van der Waals surface area contributed by atoms with Crippen molar-refractivity contribution in [2.45, 2.75) is 13.3 Å². The van der Waals surface area contributed by atoms with Gasteiger partial charge in [0.25, 0.3) is 0 Å². The Balaban J connectivity index is 2.66. The number of carbonyl (C=O) groups is 1. The molecule has 0 aromatic heterocycles. The van der Waals surface area contributed by atoms with Crippen LogP contribution >= 0.6 is 0 Å². The predicted molar refractivity (Wildman–Crippen MR) is 59.4 cm³/mol. The van der Waals surface area contributed by atoms with Gasteiger partial charge in [-0.05, 0) is 18.6 Å². The molecule has 1 rings (SSSR count). The Morgan fingerprint density at radius 3 is 2.69 bits per heavy atom. The lowest BCUT2D eigenvalue weighted by atomic mass is 10.1. The fraction of sp³-hybridized carbons (Fsp3) is 0.417. The molecule has 0 radical (unpaired) electrons. The van der Waals surface area contributed by atoms with Crippen molar-refractivity contribution < 1.29 is 14.3 Å². The second-order valence-electron chi connectivity index (χ2n) is 3.47. The zero-order valence-corrected chi connectivity index (χ0v) is 9.32. The number of nitrogens with zero attached hydrogens (tertiary/aromatic N) is 1. The summed E-state index contributed by atoms with van der Waals surface area (Å²) in [6, 6.07) is 6.23. The normalized spacial score (nSPS) is 10.2. The molecule has 0 unspecified atom stereocenters. The molecule has 0 atom stereocenters. The number of benzene rings is 1. The fourth-order valence-corrected chi connectivity index (χ4v) is 1.50. The van der Waals surface area contributed by atoms with Gasteiger partial charge in [0.2, 0.25) is 5.91 Å². The van der Waals surface area contributed by atoms with E-state index in [1.165, 1.54) is 11.0 Å². The van der Waals surface area contributed by atoms with Crippen molar-refractivity contribution in [1.29, 1.82) is 0 Å². The van der Waals surface area contributed by atoms with Crippen LogP contribution in [-0.2, 0) is 11.2 Å². The minimum Gasteiger partial charge on any atom is -0.395 e. The van der Waals surface area contributed by atoms with E-state index < -0.39 is 0 Å². The Labute approximate surface area is 94.5 Å². The van der Waals surface area contributed by atoms with Gasteiger partial charge in [0.15, 0.2) is 0 Å². The number of carbonyl (C=O) groups excluding carboxylic acids is 1. The minimum atomic E-state index is -0.365. The lowest BCUT2D eigenvalue weighted by Gasteiger charge is -2.19. The van der Waals surface area contributed by atoms with Crippen LogP contribution in [0.15, 0.2) is 24.3 Å². The highest BCUT2D eigenvalue weighted by Gasteiger charge is 2.13. The summed E-state index contributed by atoms with van der Waals surface area (Å²) in [7, 11) is 0. The summed E-state index contributed by atoms with van der Waals surface area (Å²) >= 11 is 0. The molecule has 0 saturated heterocycles. The predicted octanol–water partition coefficient (Wildman–Crippen LogP) is 1.21. The Morgan fingerprint density at radius 2 is 2.12 bits per heavy atom. The average Bonchev–Trinajstić information content (AvgIpc) is 2.29. The maximum atomic E-state index is 13.3. The number of hydrogen-bond donors (Lipinski definition) is 1. The highest BCUT2D eigenvalue weighted by atomic mass is 19.1. The summed E-state index contributed by atoms with van der Waals surface area (Å²) in [5.41, 5.74) is 0.392. The van der Waals surface area contributed by atoms with Crippen molar-refractivity contribution in [2.75, 3.05) is 19.7 Å². The molecule has 1 amide bonds. The molecular formula is C12H16FNO2. The van der Waals surface area contributed by atoms with Crippen LogP contribution in [0.1, 0.15) is 12.5 Å². The van der Waals surface area contributed by atoms with Crippen molar-refractivity contribution in [3.8, 4) is 0 Å². The maximum absolute atomic E-state index is 13.3. The van der Waals surface area contributed by atoms with E-state index in [4.69, 9.17) is 5.11 Å². The van der Waals surface area contributed by atoms with Gasteiger partial charge in [0.05, 0.1) is 13.0 Å². The highest BCUT2D eigenvalue weighted by molar-refractivity contribution is 5.78. The molecular weight excluding hydrogens is 209 g/mol. The first-order chi connectivity index (χ1) is 7.69. The third kappa shape index (κ3) is 3.31. The van der Waals surface area contributed by atoms with Gasteiger partial charge in [-0.25, -0.2) is 4.39 Å². The van der Waals surface area contributed by atoms with Crippen LogP contribution in [0.25, 0.3) is 0 Å². The number of amides is 1. The molecule has 0 heterocycles. The van der Waals surface area contributed by atoms with E-state index in [9.17, 15) is 9.18 Å². The van der Waals surface area contributed by atoms with Crippen LogP contribution in [0.5, 0.6) is 0 Å². The third-order valence-corrected chi connectivity index (χ3v) is 2.40. The number of likely N-dealkylation sites (N-methyl/N-ethyl adjacent to an activating group) is 1. The zero-order valence-electron chi connectivity index (χ0n) is 9.32. The topological polar surface area (TPSA) is 40.5 Å². The van der Waals surface area contributed by atoms with E-state index in [1.54, 1.807) is 18.2 Å². The van der Waals surface area contributed by atoms with Gasteiger partial charge in [-0.2, -0.15) is 0 Å². The molecule has 1 aromatic carbocycles. The number of aliphatic hydroxyl groups is 1. The summed E-state index contributed by atoms with van der Waals surface area (Å²) in [5, 5.41) is 8.77. The SMILES string of the molecule is CCN(CCO)C(=O)Cc1ccccc1F. The largest absolute Gasteiger partial charge is 0.395 e. The van der Waals surface area contributed by atoms with Gasteiger partial charge < -0.3 is 10.0 Å². The lowest BCUT2D eigenvalue weighted by molar-refractivity contribution is -0.130. The molecule has 0 aliphatic rings. The van der Waals surface area contributed by atoms with Crippen LogP contribution in [0.2, 0.25) is 0 Å². The Morgan fingerprint density at radius 1 is 1.44 bits per heavy atom. The molecule has 0 saturated carbocycles. The van der Waals surface area contributed by atoms with Crippen molar-refractivity contribution in [1.82, 2.24) is 4.90 Å². The molecule has 0 bridgehead atoms. The lowest BCUT2D eigenvalue weighted by Crippen LogP contribution is -2.34. The Hall–Kier alpha value is -1.42. The minimum absolute atomic E-state index is 0.0422. The summed E-state index contributed by atoms with van der Waals surface area (Å²) in [6.45, 7) is 2.57. The summed E-state index contributed by atoms with van der Waals surface area (Å²) in [6.07, 6.45) is 0.0422. The van der Waals surface area contributed by atoms with Crippen molar-refractivity contribution in [2.24, 2.45) is 0 Å². The van der Waals surface area contributed by atoms with Gasteiger partial charge >= 0.3 is 0 Å². The second-order valence-corrected chi connectivity index (χ2v) is 3.47. The zero-order chi connectivity index (χ0) is 12.0. The van der Waals surface area contributed by atoms with E-state index >= 15 is 0 Å². The van der Waals surface area contributed by atoms with Crippen molar-refractivity contribution >= 4 is 5.91 Å².